The van der Waals surface area contributed by atoms with Crippen molar-refractivity contribution >= 4 is 40.4 Å². The summed E-state index contributed by atoms with van der Waals surface area (Å²) in [6.07, 6.45) is 6.01. The summed E-state index contributed by atoms with van der Waals surface area (Å²) >= 11 is 6.95. The van der Waals surface area contributed by atoms with Crippen LogP contribution in [0.1, 0.15) is 36.9 Å². The second kappa shape index (κ2) is 11.4. The third kappa shape index (κ3) is 5.76. The van der Waals surface area contributed by atoms with Crippen LogP contribution in [0.2, 0.25) is 5.02 Å². The molecule has 0 radical (unpaired) electrons. The number of anilines is 4. The lowest BCUT2D eigenvalue weighted by atomic mass is 10.1. The Balaban J connectivity index is 1.24. The Morgan fingerprint density at radius 1 is 1.23 bits per heavy atom. The molecule has 13 heteroatoms. The summed E-state index contributed by atoms with van der Waals surface area (Å²) in [7, 11) is 1.73. The molecule has 3 aliphatic rings. The summed E-state index contributed by atoms with van der Waals surface area (Å²) in [5.74, 6) is 1.44. The number of fused-ring (bicyclic) bond motifs is 1. The largest absolute Gasteiger partial charge is 0.383 e. The molecule has 0 bridgehead atoms. The van der Waals surface area contributed by atoms with Crippen molar-refractivity contribution in [3.05, 3.63) is 34.6 Å². The van der Waals surface area contributed by atoms with Crippen molar-refractivity contribution in [2.45, 2.75) is 43.9 Å². The van der Waals surface area contributed by atoms with E-state index in [1.807, 2.05) is 0 Å². The lowest BCUT2D eigenvalue weighted by molar-refractivity contribution is 0.0357. The number of rotatable bonds is 11. The van der Waals surface area contributed by atoms with E-state index in [0.717, 1.165) is 18.5 Å². The van der Waals surface area contributed by atoms with Gasteiger partial charge in [0.05, 0.1) is 53.5 Å². The Hall–Kier alpha value is -3.68. The summed E-state index contributed by atoms with van der Waals surface area (Å²) in [6, 6.07) is 8.48. The zero-order valence-corrected chi connectivity index (χ0v) is 23.0. The summed E-state index contributed by atoms with van der Waals surface area (Å²) in [5, 5.41) is 34.5. The minimum absolute atomic E-state index is 0.0301. The fraction of sp³-hybridized carbons (Fsp3) is 0.519. The molecule has 3 fully saturated rings. The Morgan fingerprint density at radius 2 is 2.08 bits per heavy atom. The fourth-order valence-corrected chi connectivity index (χ4v) is 5.30. The van der Waals surface area contributed by atoms with Gasteiger partial charge in [-0.25, -0.2) is 4.98 Å². The van der Waals surface area contributed by atoms with Gasteiger partial charge in [-0.3, -0.25) is 0 Å². The maximum Gasteiger partial charge on any atom is 0.247 e. The van der Waals surface area contributed by atoms with Gasteiger partial charge in [0.15, 0.2) is 17.2 Å². The molecule has 1 aliphatic heterocycles. The van der Waals surface area contributed by atoms with Gasteiger partial charge in [0.1, 0.15) is 6.07 Å². The number of nitriles is 2. The van der Waals surface area contributed by atoms with Crippen LogP contribution in [-0.2, 0) is 9.47 Å². The summed E-state index contributed by atoms with van der Waals surface area (Å²) in [4.78, 5) is 11.1. The molecule has 2 saturated carbocycles. The zero-order valence-electron chi connectivity index (χ0n) is 22.2. The van der Waals surface area contributed by atoms with Gasteiger partial charge in [-0.1, -0.05) is 11.6 Å². The number of morpholine rings is 1. The molecular formula is C27H31ClN10O2. The number of methoxy groups -OCH3 is 1. The highest BCUT2D eigenvalue weighted by molar-refractivity contribution is 6.36. The number of nitrogens with one attached hydrogen (secondary N) is 3. The van der Waals surface area contributed by atoms with Gasteiger partial charge < -0.3 is 30.3 Å². The third-order valence-corrected chi connectivity index (χ3v) is 7.85. The maximum absolute atomic E-state index is 9.80. The van der Waals surface area contributed by atoms with Gasteiger partial charge in [-0.2, -0.15) is 20.0 Å². The van der Waals surface area contributed by atoms with Crippen molar-refractivity contribution in [3.8, 4) is 12.1 Å². The average molecular weight is 563 g/mol. The van der Waals surface area contributed by atoms with Gasteiger partial charge >= 0.3 is 0 Å². The van der Waals surface area contributed by atoms with Gasteiger partial charge in [0.25, 0.3) is 0 Å². The highest BCUT2D eigenvalue weighted by atomic mass is 35.5. The molecule has 12 nitrogen and oxygen atoms in total. The highest BCUT2D eigenvalue weighted by Gasteiger charge is 2.32. The van der Waals surface area contributed by atoms with Crippen molar-refractivity contribution < 1.29 is 9.47 Å². The van der Waals surface area contributed by atoms with Crippen LogP contribution in [0.3, 0.4) is 0 Å². The van der Waals surface area contributed by atoms with Crippen LogP contribution in [0, 0.1) is 28.6 Å². The number of nitrogens with zero attached hydrogens (tertiary/aromatic N) is 7. The van der Waals surface area contributed by atoms with Crippen molar-refractivity contribution in [2.24, 2.45) is 5.92 Å². The van der Waals surface area contributed by atoms with E-state index in [2.05, 4.69) is 48.1 Å². The zero-order chi connectivity index (χ0) is 27.6. The van der Waals surface area contributed by atoms with Crippen molar-refractivity contribution in [1.29, 1.82) is 10.5 Å². The van der Waals surface area contributed by atoms with Crippen LogP contribution in [0.15, 0.2) is 18.3 Å². The first-order valence-corrected chi connectivity index (χ1v) is 14.0. The van der Waals surface area contributed by atoms with E-state index in [1.54, 1.807) is 19.2 Å². The Kier molecular flexibility index (Phi) is 7.59. The SMILES string of the molecule is COC[C@H](NC[C@@H]1CN(c2cc(C#N)cc(Nc3nc(NC4CC4)c4ncc(C#N)n4n3)c2Cl)CCO1)C1CC1. The first-order valence-electron chi connectivity index (χ1n) is 13.6. The molecule has 6 rings (SSSR count). The Labute approximate surface area is 237 Å². The first-order chi connectivity index (χ1) is 19.6. The van der Waals surface area contributed by atoms with E-state index in [1.165, 1.54) is 23.6 Å². The predicted molar refractivity (Wildman–Crippen MR) is 150 cm³/mol. The molecule has 3 aromatic rings. The molecule has 3 heterocycles. The molecular weight excluding hydrogens is 532 g/mol. The molecule has 208 valence electrons. The summed E-state index contributed by atoms with van der Waals surface area (Å²) in [5.41, 5.74) is 2.47. The number of imidazole rings is 1. The summed E-state index contributed by atoms with van der Waals surface area (Å²) in [6.45, 7) is 3.22. The highest BCUT2D eigenvalue weighted by Crippen LogP contribution is 2.37. The van der Waals surface area contributed by atoms with Crippen molar-refractivity contribution in [2.75, 3.05) is 55.5 Å². The number of halogens is 1. The number of benzene rings is 1. The molecule has 2 atom stereocenters. The maximum atomic E-state index is 9.80. The number of aromatic nitrogens is 4. The van der Waals surface area contributed by atoms with Crippen LogP contribution in [-0.4, -0.2) is 77.7 Å². The molecule has 0 unspecified atom stereocenters. The monoisotopic (exact) mass is 562 g/mol. The van der Waals surface area contributed by atoms with Gasteiger partial charge in [0, 0.05) is 38.8 Å². The smallest absolute Gasteiger partial charge is 0.247 e. The predicted octanol–water partition coefficient (Wildman–Crippen LogP) is 3.06. The quantitative estimate of drug-likeness (QED) is 0.316. The normalized spacial score (nSPS) is 19.7. The minimum atomic E-state index is -0.0301. The van der Waals surface area contributed by atoms with Gasteiger partial charge in [0.2, 0.25) is 5.95 Å². The van der Waals surface area contributed by atoms with Crippen LogP contribution in [0.4, 0.5) is 23.1 Å². The van der Waals surface area contributed by atoms with Crippen molar-refractivity contribution in [1.82, 2.24) is 24.9 Å². The second-order valence-electron chi connectivity index (χ2n) is 10.5. The van der Waals surface area contributed by atoms with E-state index in [0.29, 0.717) is 84.3 Å². The van der Waals surface area contributed by atoms with Crippen LogP contribution < -0.4 is 20.9 Å². The molecule has 0 spiro atoms. The van der Waals surface area contributed by atoms with Gasteiger partial charge in [-0.15, -0.1) is 5.10 Å². The van der Waals surface area contributed by atoms with Crippen LogP contribution >= 0.6 is 11.6 Å². The van der Waals surface area contributed by atoms with E-state index >= 15 is 0 Å². The van der Waals surface area contributed by atoms with Gasteiger partial charge in [-0.05, 0) is 43.7 Å². The first kappa shape index (κ1) is 26.5. The molecule has 3 N–H and O–H groups in total. The molecule has 1 saturated heterocycles. The summed E-state index contributed by atoms with van der Waals surface area (Å²) < 4.78 is 12.9. The topological polar surface area (TPSA) is 148 Å². The molecule has 0 amide bonds. The number of ether oxygens (including phenoxy) is 2. The lowest BCUT2D eigenvalue weighted by Crippen LogP contribution is -2.49. The number of hydrogen-bond donors (Lipinski definition) is 3. The molecule has 2 aromatic heterocycles. The van der Waals surface area contributed by atoms with Crippen LogP contribution in [0.25, 0.3) is 5.65 Å². The Morgan fingerprint density at radius 3 is 2.80 bits per heavy atom. The standard InChI is InChI=1S/C27H31ClN10O2/c1-39-15-22(17-2-3-17)31-13-20-14-37(6-7-40-20)23-9-16(10-29)8-21(24(23)28)34-27-35-25(33-18-4-5-18)26-32-12-19(11-30)38(26)36-27/h8-9,12,17-18,20,22,31H,2-7,13-15H2,1H3,(H2,33,34,35,36)/t20-,22+/m1/s1. The van der Waals surface area contributed by atoms with Crippen molar-refractivity contribution in [3.63, 3.8) is 0 Å². The average Bonchev–Trinajstić information content (AvgIpc) is 3.91. The third-order valence-electron chi connectivity index (χ3n) is 7.45. The van der Waals surface area contributed by atoms with E-state index in [9.17, 15) is 10.5 Å². The van der Waals surface area contributed by atoms with E-state index in [-0.39, 0.29) is 12.1 Å². The molecule has 2 aliphatic carbocycles. The van der Waals surface area contributed by atoms with E-state index in [4.69, 9.17) is 21.1 Å². The molecule has 1 aromatic carbocycles. The minimum Gasteiger partial charge on any atom is -0.383 e. The Bertz CT molecular complexity index is 1470. The second-order valence-corrected chi connectivity index (χ2v) is 10.9. The lowest BCUT2D eigenvalue weighted by Gasteiger charge is -2.36. The van der Waals surface area contributed by atoms with E-state index < -0.39 is 0 Å². The van der Waals surface area contributed by atoms with Crippen LogP contribution in [0.5, 0.6) is 0 Å². The fourth-order valence-electron chi connectivity index (χ4n) is 5.03. The molecule has 40 heavy (non-hydrogen) atoms. The number of hydrogen-bond acceptors (Lipinski definition) is 11.